The summed E-state index contributed by atoms with van der Waals surface area (Å²) in [6, 6.07) is 1.69. The van der Waals surface area contributed by atoms with Gasteiger partial charge in [0.2, 0.25) is 5.95 Å². The zero-order valence-electron chi connectivity index (χ0n) is 7.43. The van der Waals surface area contributed by atoms with Crippen LogP contribution in [-0.4, -0.2) is 21.0 Å². The van der Waals surface area contributed by atoms with Crippen molar-refractivity contribution < 1.29 is 9.90 Å². The fraction of sp³-hybridized carbons (Fsp3) is 0.250. The minimum absolute atomic E-state index is 0.0411. The normalized spacial score (nSPS) is 14.0. The van der Waals surface area contributed by atoms with Crippen LogP contribution in [0.5, 0.6) is 0 Å². The summed E-state index contributed by atoms with van der Waals surface area (Å²) >= 11 is 0. The van der Waals surface area contributed by atoms with Crippen molar-refractivity contribution >= 4 is 11.9 Å². The molecule has 0 aliphatic carbocycles. The number of carboxylic acids is 1. The first-order valence-electron chi connectivity index (χ1n) is 3.73. The van der Waals surface area contributed by atoms with Crippen LogP contribution in [0.25, 0.3) is 0 Å². The van der Waals surface area contributed by atoms with Gasteiger partial charge in [-0.25, -0.2) is 9.97 Å². The fourth-order valence-electron chi connectivity index (χ4n) is 0.832. The second-order valence-corrected chi connectivity index (χ2v) is 2.87. The van der Waals surface area contributed by atoms with Gasteiger partial charge in [-0.3, -0.25) is 4.79 Å². The summed E-state index contributed by atoms with van der Waals surface area (Å²) in [6.45, 7) is 1.28. The number of anilines is 1. The molecule has 1 rings (SSSR count). The summed E-state index contributed by atoms with van der Waals surface area (Å²) in [6.07, 6.45) is 2.47. The molecular weight excluding hydrogens is 184 g/mol. The molecule has 1 aromatic rings. The number of rotatable bonds is 2. The van der Waals surface area contributed by atoms with Crippen LogP contribution in [0.15, 0.2) is 12.4 Å². The van der Waals surface area contributed by atoms with Crippen molar-refractivity contribution in [2.75, 3.05) is 5.73 Å². The second-order valence-electron chi connectivity index (χ2n) is 2.87. The Bertz CT molecular complexity index is 395. The van der Waals surface area contributed by atoms with E-state index in [9.17, 15) is 4.79 Å². The van der Waals surface area contributed by atoms with Crippen LogP contribution in [0.1, 0.15) is 12.5 Å². The first-order valence-corrected chi connectivity index (χ1v) is 3.73. The molecule has 0 aliphatic heterocycles. The fourth-order valence-corrected chi connectivity index (χ4v) is 0.832. The van der Waals surface area contributed by atoms with Crippen LogP contribution >= 0.6 is 0 Å². The Kier molecular flexibility index (Phi) is 2.34. The smallest absolute Gasteiger partial charge is 0.328 e. The zero-order valence-corrected chi connectivity index (χ0v) is 7.43. The lowest BCUT2D eigenvalue weighted by Gasteiger charge is -2.14. The molecule has 0 radical (unpaired) electrons. The van der Waals surface area contributed by atoms with Crippen LogP contribution in [0.4, 0.5) is 5.95 Å². The van der Waals surface area contributed by atoms with E-state index in [-0.39, 0.29) is 11.5 Å². The van der Waals surface area contributed by atoms with Crippen molar-refractivity contribution in [1.29, 1.82) is 5.26 Å². The van der Waals surface area contributed by atoms with Crippen molar-refractivity contribution in [3.63, 3.8) is 0 Å². The quantitative estimate of drug-likeness (QED) is 0.677. The third-order valence-electron chi connectivity index (χ3n) is 1.90. The van der Waals surface area contributed by atoms with Gasteiger partial charge in [0, 0.05) is 18.0 Å². The average Bonchev–Trinajstić information content (AvgIpc) is 2.17. The molecule has 1 atom stereocenters. The SMILES string of the molecule is CC(C#N)(C(=O)O)c1cnc(N)nc1. The van der Waals surface area contributed by atoms with E-state index in [0.717, 1.165) is 0 Å². The number of aliphatic carboxylic acids is 1. The van der Waals surface area contributed by atoms with Gasteiger partial charge in [-0.2, -0.15) is 5.26 Å². The highest BCUT2D eigenvalue weighted by atomic mass is 16.4. The summed E-state index contributed by atoms with van der Waals surface area (Å²) in [5.41, 5.74) is 3.81. The molecule has 0 saturated heterocycles. The van der Waals surface area contributed by atoms with Gasteiger partial charge in [0.15, 0.2) is 5.41 Å². The first kappa shape index (κ1) is 9.92. The molecule has 72 valence electrons. The Morgan fingerprint density at radius 3 is 2.50 bits per heavy atom. The van der Waals surface area contributed by atoms with Gasteiger partial charge in [0.1, 0.15) is 0 Å². The van der Waals surface area contributed by atoms with Crippen LogP contribution in [0, 0.1) is 11.3 Å². The van der Waals surface area contributed by atoms with E-state index < -0.39 is 11.4 Å². The van der Waals surface area contributed by atoms with E-state index in [1.54, 1.807) is 6.07 Å². The van der Waals surface area contributed by atoms with Crippen LogP contribution in [-0.2, 0) is 10.2 Å². The maximum absolute atomic E-state index is 10.8. The van der Waals surface area contributed by atoms with Crippen LogP contribution < -0.4 is 5.73 Å². The third-order valence-corrected chi connectivity index (χ3v) is 1.90. The van der Waals surface area contributed by atoms with E-state index in [1.165, 1.54) is 19.3 Å². The maximum atomic E-state index is 10.8. The summed E-state index contributed by atoms with van der Waals surface area (Å²) in [5, 5.41) is 17.6. The number of nitrogen functional groups attached to an aromatic ring is 1. The number of nitriles is 1. The van der Waals surface area contributed by atoms with E-state index in [2.05, 4.69) is 9.97 Å². The number of hydrogen-bond donors (Lipinski definition) is 2. The lowest BCUT2D eigenvalue weighted by Crippen LogP contribution is -2.30. The molecule has 0 spiro atoms. The summed E-state index contributed by atoms with van der Waals surface area (Å²) in [5.74, 6) is -1.20. The summed E-state index contributed by atoms with van der Waals surface area (Å²) in [4.78, 5) is 18.1. The molecule has 0 aliphatic rings. The van der Waals surface area contributed by atoms with Crippen molar-refractivity contribution in [1.82, 2.24) is 9.97 Å². The maximum Gasteiger partial charge on any atom is 0.328 e. The Hall–Kier alpha value is -2.16. The van der Waals surface area contributed by atoms with Crippen molar-refractivity contribution in [2.24, 2.45) is 0 Å². The lowest BCUT2D eigenvalue weighted by molar-refractivity contribution is -0.141. The highest BCUT2D eigenvalue weighted by Gasteiger charge is 2.36. The number of hydrogen-bond acceptors (Lipinski definition) is 5. The molecule has 6 nitrogen and oxygen atoms in total. The lowest BCUT2D eigenvalue weighted by atomic mass is 9.86. The minimum atomic E-state index is -1.63. The van der Waals surface area contributed by atoms with Crippen LogP contribution in [0.3, 0.4) is 0 Å². The van der Waals surface area contributed by atoms with E-state index >= 15 is 0 Å². The summed E-state index contributed by atoms with van der Waals surface area (Å²) in [7, 11) is 0. The highest BCUT2D eigenvalue weighted by Crippen LogP contribution is 2.21. The number of aromatic nitrogens is 2. The van der Waals surface area contributed by atoms with E-state index in [0.29, 0.717) is 0 Å². The van der Waals surface area contributed by atoms with Crippen LogP contribution in [0.2, 0.25) is 0 Å². The van der Waals surface area contributed by atoms with Crippen molar-refractivity contribution in [2.45, 2.75) is 12.3 Å². The molecule has 14 heavy (non-hydrogen) atoms. The number of carbonyl (C=O) groups is 1. The standard InChI is InChI=1S/C8H8N4O2/c1-8(4-9,6(13)14)5-2-11-7(10)12-3-5/h2-3H,1H3,(H,13,14)(H2,10,11,12). The number of nitrogens with zero attached hydrogens (tertiary/aromatic N) is 3. The monoisotopic (exact) mass is 192 g/mol. The largest absolute Gasteiger partial charge is 0.480 e. The van der Waals surface area contributed by atoms with Gasteiger partial charge in [-0.1, -0.05) is 0 Å². The van der Waals surface area contributed by atoms with Crippen molar-refractivity contribution in [3.8, 4) is 6.07 Å². The van der Waals surface area contributed by atoms with E-state index in [1.807, 2.05) is 0 Å². The average molecular weight is 192 g/mol. The van der Waals surface area contributed by atoms with Crippen molar-refractivity contribution in [3.05, 3.63) is 18.0 Å². The Morgan fingerprint density at radius 1 is 1.64 bits per heavy atom. The molecule has 3 N–H and O–H groups in total. The molecule has 1 unspecified atom stereocenters. The Morgan fingerprint density at radius 2 is 2.14 bits per heavy atom. The first-order chi connectivity index (χ1) is 6.50. The molecule has 6 heteroatoms. The Labute approximate surface area is 80.0 Å². The van der Waals surface area contributed by atoms with Gasteiger partial charge in [0.25, 0.3) is 0 Å². The number of carboxylic acid groups (broad SMARTS) is 1. The topological polar surface area (TPSA) is 113 Å². The predicted octanol–water partition coefficient (Wildman–Crippen LogP) is -0.0753. The van der Waals surface area contributed by atoms with Gasteiger partial charge in [0.05, 0.1) is 6.07 Å². The van der Waals surface area contributed by atoms with Gasteiger partial charge in [-0.15, -0.1) is 0 Å². The van der Waals surface area contributed by atoms with Gasteiger partial charge < -0.3 is 10.8 Å². The minimum Gasteiger partial charge on any atom is -0.480 e. The molecular formula is C8H8N4O2. The molecule has 0 aromatic carbocycles. The number of nitrogens with two attached hydrogens (primary N) is 1. The predicted molar refractivity (Wildman–Crippen MR) is 47.0 cm³/mol. The molecule has 0 saturated carbocycles. The summed E-state index contributed by atoms with van der Waals surface area (Å²) < 4.78 is 0. The molecule has 1 aromatic heterocycles. The molecule has 0 amide bonds. The molecule has 0 bridgehead atoms. The van der Waals surface area contributed by atoms with Gasteiger partial charge >= 0.3 is 5.97 Å². The molecule has 0 fully saturated rings. The third kappa shape index (κ3) is 1.47. The van der Waals surface area contributed by atoms with Gasteiger partial charge in [-0.05, 0) is 6.92 Å². The Balaban J connectivity index is 3.22. The zero-order chi connectivity index (χ0) is 10.8. The molecule has 1 heterocycles. The highest BCUT2D eigenvalue weighted by molar-refractivity contribution is 5.84. The van der Waals surface area contributed by atoms with E-state index in [4.69, 9.17) is 16.1 Å². The second kappa shape index (κ2) is 3.30.